The number of amides is 1. The molecular weight excluding hydrogens is 338 g/mol. The zero-order valence-electron chi connectivity index (χ0n) is 14.1. The van der Waals surface area contributed by atoms with Crippen LogP contribution in [0.5, 0.6) is 5.75 Å². The molecule has 0 N–H and O–H groups in total. The molecule has 1 aliphatic rings. The van der Waals surface area contributed by atoms with E-state index < -0.39 is 0 Å². The molecule has 0 spiro atoms. The van der Waals surface area contributed by atoms with E-state index in [1.54, 1.807) is 24.3 Å². The lowest BCUT2D eigenvalue weighted by Crippen LogP contribution is -2.50. The summed E-state index contributed by atoms with van der Waals surface area (Å²) in [6.45, 7) is 4.37. The van der Waals surface area contributed by atoms with Gasteiger partial charge < -0.3 is 9.64 Å². The summed E-state index contributed by atoms with van der Waals surface area (Å²) in [5, 5.41) is 0.654. The highest BCUT2D eigenvalue weighted by Crippen LogP contribution is 2.15. The number of carbonyl (C=O) groups is 1. The van der Waals surface area contributed by atoms with Gasteiger partial charge in [0.2, 0.25) is 0 Å². The normalized spacial score (nSPS) is 15.2. The minimum Gasteiger partial charge on any atom is -0.484 e. The first-order valence-corrected chi connectivity index (χ1v) is 8.86. The number of hydrogen-bond donors (Lipinski definition) is 0. The van der Waals surface area contributed by atoms with Crippen molar-refractivity contribution in [1.82, 2.24) is 14.8 Å². The summed E-state index contributed by atoms with van der Waals surface area (Å²) in [5.74, 6) is 0.692. The summed E-state index contributed by atoms with van der Waals surface area (Å²) in [4.78, 5) is 20.6. The van der Waals surface area contributed by atoms with E-state index >= 15 is 0 Å². The molecule has 25 heavy (non-hydrogen) atoms. The molecule has 1 fully saturated rings. The van der Waals surface area contributed by atoms with Crippen LogP contribution in [0.1, 0.15) is 5.56 Å². The van der Waals surface area contributed by atoms with Gasteiger partial charge in [0.15, 0.2) is 6.61 Å². The lowest BCUT2D eigenvalue weighted by atomic mass is 10.2. The van der Waals surface area contributed by atoms with Gasteiger partial charge in [0, 0.05) is 50.1 Å². The number of rotatable bonds is 6. The van der Waals surface area contributed by atoms with Crippen LogP contribution in [0.4, 0.5) is 0 Å². The molecule has 0 unspecified atom stereocenters. The minimum atomic E-state index is 0.0312. The second kappa shape index (κ2) is 8.83. The first-order valence-electron chi connectivity index (χ1n) is 8.48. The maximum absolute atomic E-state index is 12.3. The molecule has 132 valence electrons. The first kappa shape index (κ1) is 17.7. The number of piperazine rings is 1. The van der Waals surface area contributed by atoms with Crippen LogP contribution in [0, 0.1) is 0 Å². The fraction of sp³-hybridized carbons (Fsp3) is 0.368. The Labute approximate surface area is 153 Å². The van der Waals surface area contributed by atoms with Crippen LogP contribution < -0.4 is 4.74 Å². The molecule has 5 nitrogen and oxygen atoms in total. The average Bonchev–Trinajstić information content (AvgIpc) is 2.67. The van der Waals surface area contributed by atoms with Crippen molar-refractivity contribution in [1.29, 1.82) is 0 Å². The highest BCUT2D eigenvalue weighted by molar-refractivity contribution is 6.30. The Morgan fingerprint density at radius 1 is 1.04 bits per heavy atom. The number of benzene rings is 1. The minimum absolute atomic E-state index is 0.0312. The monoisotopic (exact) mass is 359 g/mol. The van der Waals surface area contributed by atoms with Crippen LogP contribution >= 0.6 is 11.6 Å². The van der Waals surface area contributed by atoms with E-state index in [-0.39, 0.29) is 12.5 Å². The number of carbonyl (C=O) groups excluding carboxylic acids is 1. The lowest BCUT2D eigenvalue weighted by Gasteiger charge is -2.34. The maximum atomic E-state index is 12.3. The first-order chi connectivity index (χ1) is 12.2. The van der Waals surface area contributed by atoms with Crippen molar-refractivity contribution in [3.05, 3.63) is 59.4 Å². The van der Waals surface area contributed by atoms with Crippen molar-refractivity contribution < 1.29 is 9.53 Å². The smallest absolute Gasteiger partial charge is 0.260 e. The number of nitrogens with zero attached hydrogens (tertiary/aromatic N) is 3. The average molecular weight is 360 g/mol. The number of aromatic nitrogens is 1. The Morgan fingerprint density at radius 2 is 1.72 bits per heavy atom. The van der Waals surface area contributed by atoms with Gasteiger partial charge in [-0.1, -0.05) is 11.6 Å². The van der Waals surface area contributed by atoms with Gasteiger partial charge in [0.05, 0.1) is 0 Å². The van der Waals surface area contributed by atoms with Crippen molar-refractivity contribution in [3.8, 4) is 5.75 Å². The van der Waals surface area contributed by atoms with Gasteiger partial charge in [-0.25, -0.2) is 0 Å². The lowest BCUT2D eigenvalue weighted by molar-refractivity contribution is -0.135. The van der Waals surface area contributed by atoms with E-state index in [1.165, 1.54) is 5.56 Å². The molecule has 1 aromatic carbocycles. The standard InChI is InChI=1S/C19H22ClN3O2/c20-17-1-3-18(4-2-17)25-15-19(24)23-13-11-22(12-14-23)10-7-16-5-8-21-9-6-16/h1-6,8-9H,7,10-15H2. The van der Waals surface area contributed by atoms with Crippen LogP contribution in [-0.4, -0.2) is 60.0 Å². The van der Waals surface area contributed by atoms with E-state index in [9.17, 15) is 4.79 Å². The molecule has 3 rings (SSSR count). The van der Waals surface area contributed by atoms with E-state index in [0.717, 1.165) is 39.1 Å². The third-order valence-electron chi connectivity index (χ3n) is 4.37. The van der Waals surface area contributed by atoms with E-state index in [1.807, 2.05) is 29.4 Å². The molecule has 1 amide bonds. The Balaban J connectivity index is 1.38. The number of ether oxygens (including phenoxy) is 1. The van der Waals surface area contributed by atoms with Gasteiger partial charge >= 0.3 is 0 Å². The van der Waals surface area contributed by atoms with Crippen LogP contribution in [0.3, 0.4) is 0 Å². The van der Waals surface area contributed by atoms with Crippen molar-refractivity contribution in [2.75, 3.05) is 39.3 Å². The van der Waals surface area contributed by atoms with Gasteiger partial charge in [-0.05, 0) is 48.4 Å². The predicted octanol–water partition coefficient (Wildman–Crippen LogP) is 2.50. The number of hydrogen-bond acceptors (Lipinski definition) is 4. The van der Waals surface area contributed by atoms with E-state index in [2.05, 4.69) is 9.88 Å². The van der Waals surface area contributed by atoms with Gasteiger partial charge in [0.25, 0.3) is 5.91 Å². The third kappa shape index (κ3) is 5.44. The molecule has 0 aliphatic carbocycles. The van der Waals surface area contributed by atoms with Crippen LogP contribution in [0.25, 0.3) is 0 Å². The molecule has 1 aliphatic heterocycles. The third-order valence-corrected chi connectivity index (χ3v) is 4.62. The van der Waals surface area contributed by atoms with Crippen molar-refractivity contribution >= 4 is 17.5 Å². The molecule has 0 bridgehead atoms. The maximum Gasteiger partial charge on any atom is 0.260 e. The molecule has 0 radical (unpaired) electrons. The van der Waals surface area contributed by atoms with Crippen molar-refractivity contribution in [2.45, 2.75) is 6.42 Å². The molecular formula is C19H22ClN3O2. The van der Waals surface area contributed by atoms with E-state index in [0.29, 0.717) is 10.8 Å². The highest BCUT2D eigenvalue weighted by atomic mass is 35.5. The second-order valence-electron chi connectivity index (χ2n) is 6.07. The van der Waals surface area contributed by atoms with Gasteiger partial charge in [-0.2, -0.15) is 0 Å². The summed E-state index contributed by atoms with van der Waals surface area (Å²) >= 11 is 5.84. The van der Waals surface area contributed by atoms with Crippen molar-refractivity contribution in [3.63, 3.8) is 0 Å². The zero-order valence-corrected chi connectivity index (χ0v) is 14.9. The molecule has 1 saturated heterocycles. The van der Waals surface area contributed by atoms with Crippen LogP contribution in [0.2, 0.25) is 5.02 Å². The molecule has 2 heterocycles. The summed E-state index contributed by atoms with van der Waals surface area (Å²) in [5.41, 5.74) is 1.30. The van der Waals surface area contributed by atoms with Crippen LogP contribution in [0.15, 0.2) is 48.8 Å². The Bertz CT molecular complexity index is 671. The number of halogens is 1. The van der Waals surface area contributed by atoms with E-state index in [4.69, 9.17) is 16.3 Å². The van der Waals surface area contributed by atoms with Crippen LogP contribution in [-0.2, 0) is 11.2 Å². The number of pyridine rings is 1. The summed E-state index contributed by atoms with van der Waals surface area (Å²) in [6, 6.07) is 11.1. The largest absolute Gasteiger partial charge is 0.484 e. The molecule has 0 saturated carbocycles. The highest BCUT2D eigenvalue weighted by Gasteiger charge is 2.21. The SMILES string of the molecule is O=C(COc1ccc(Cl)cc1)N1CCN(CCc2ccncc2)CC1. The fourth-order valence-corrected chi connectivity index (χ4v) is 2.95. The quantitative estimate of drug-likeness (QED) is 0.795. The zero-order chi connectivity index (χ0) is 17.5. The summed E-state index contributed by atoms with van der Waals surface area (Å²) < 4.78 is 5.54. The fourth-order valence-electron chi connectivity index (χ4n) is 2.82. The van der Waals surface area contributed by atoms with Gasteiger partial charge in [-0.15, -0.1) is 0 Å². The van der Waals surface area contributed by atoms with Crippen molar-refractivity contribution in [2.24, 2.45) is 0 Å². The molecule has 1 aromatic heterocycles. The Morgan fingerprint density at radius 3 is 2.40 bits per heavy atom. The molecule has 2 aromatic rings. The van der Waals surface area contributed by atoms with Gasteiger partial charge in [-0.3, -0.25) is 14.7 Å². The predicted molar refractivity (Wildman–Crippen MR) is 97.9 cm³/mol. The topological polar surface area (TPSA) is 45.7 Å². The summed E-state index contributed by atoms with van der Waals surface area (Å²) in [6.07, 6.45) is 4.66. The van der Waals surface area contributed by atoms with Gasteiger partial charge in [0.1, 0.15) is 5.75 Å². The second-order valence-corrected chi connectivity index (χ2v) is 6.51. The Hall–Kier alpha value is -2.11. The molecule has 0 atom stereocenters. The molecule has 6 heteroatoms. The summed E-state index contributed by atoms with van der Waals surface area (Å²) in [7, 11) is 0. The Kier molecular flexibility index (Phi) is 6.25.